The average molecular weight is 506 g/mol. The molecule has 0 spiro atoms. The quantitative estimate of drug-likeness (QED) is 0.374. The van der Waals surface area contributed by atoms with Crippen molar-refractivity contribution in [2.24, 2.45) is 5.92 Å². The Balaban J connectivity index is 1.55. The Labute approximate surface area is 209 Å². The molecule has 2 aromatic carbocycles. The number of aryl methyl sites for hydroxylation is 2. The zero-order valence-electron chi connectivity index (χ0n) is 20.6. The number of carbonyl (C=O) groups excluding carboxylic acids is 2. The summed E-state index contributed by atoms with van der Waals surface area (Å²) in [4.78, 5) is 29.8. The molecule has 8 nitrogen and oxygen atoms in total. The average Bonchev–Trinajstić information content (AvgIpc) is 3.30. The normalized spacial score (nSPS) is 15.8. The first-order valence-corrected chi connectivity index (χ1v) is 13.3. The number of nitrogens with zero attached hydrogens (tertiary/aromatic N) is 3. The molecule has 1 unspecified atom stereocenters. The second kappa shape index (κ2) is 8.74. The Morgan fingerprint density at radius 3 is 2.47 bits per heavy atom. The number of hydrogen-bond acceptors (Lipinski definition) is 6. The van der Waals surface area contributed by atoms with Gasteiger partial charge in [0.05, 0.1) is 21.8 Å². The maximum absolute atomic E-state index is 13.6. The molecule has 4 aromatic rings. The van der Waals surface area contributed by atoms with Gasteiger partial charge >= 0.3 is 12.0 Å². The smallest absolute Gasteiger partial charge is 0.319 e. The molecule has 0 radical (unpaired) electrons. The van der Waals surface area contributed by atoms with E-state index in [0.29, 0.717) is 17.8 Å². The summed E-state index contributed by atoms with van der Waals surface area (Å²) in [7, 11) is -4.08. The summed E-state index contributed by atoms with van der Waals surface area (Å²) >= 11 is 0. The molecule has 0 N–H and O–H groups in total. The molecule has 0 fully saturated rings. The number of hydrogen-bond donors (Lipinski definition) is 0. The van der Waals surface area contributed by atoms with E-state index in [0.717, 1.165) is 38.1 Å². The first-order valence-electron chi connectivity index (χ1n) is 11.8. The van der Waals surface area contributed by atoms with Gasteiger partial charge in [0.15, 0.2) is 0 Å². The first-order chi connectivity index (χ1) is 17.1. The molecule has 0 saturated heterocycles. The van der Waals surface area contributed by atoms with Crippen LogP contribution in [0.3, 0.4) is 0 Å². The molecule has 0 amide bonds. The van der Waals surface area contributed by atoms with E-state index in [9.17, 15) is 18.0 Å². The number of para-hydroxylation sites is 1. The van der Waals surface area contributed by atoms with Crippen molar-refractivity contribution in [3.05, 3.63) is 76.7 Å². The number of aromatic nitrogens is 3. The number of imidazole rings is 1. The van der Waals surface area contributed by atoms with Crippen molar-refractivity contribution in [3.63, 3.8) is 0 Å². The molecule has 1 aliphatic rings. The van der Waals surface area contributed by atoms with Crippen LogP contribution in [0.15, 0.2) is 53.4 Å². The van der Waals surface area contributed by atoms with Crippen LogP contribution in [0.4, 0.5) is 0 Å². The third-order valence-electron chi connectivity index (χ3n) is 6.91. The van der Waals surface area contributed by atoms with E-state index < -0.39 is 16.0 Å². The summed E-state index contributed by atoms with van der Waals surface area (Å²) in [5.41, 5.74) is 4.65. The zero-order valence-corrected chi connectivity index (χ0v) is 21.4. The highest BCUT2D eigenvalue weighted by Gasteiger charge is 2.34. The monoisotopic (exact) mass is 505 g/mol. The molecule has 0 bridgehead atoms. The molecule has 0 saturated carbocycles. The van der Waals surface area contributed by atoms with Gasteiger partial charge in [0, 0.05) is 30.3 Å². The van der Waals surface area contributed by atoms with E-state index in [4.69, 9.17) is 4.74 Å². The van der Waals surface area contributed by atoms with Crippen LogP contribution in [0.5, 0.6) is 6.01 Å². The van der Waals surface area contributed by atoms with Crippen LogP contribution in [-0.2, 0) is 27.7 Å². The van der Waals surface area contributed by atoms with E-state index in [1.54, 1.807) is 23.6 Å². The SMILES string of the molecule is CC(=O)Oc1nc(CC2CCc3c(C)c4ccccc4n3C2=O)c(C)n1S(=O)(=O)c1ccc(C)cc1. The number of carbonyl (C=O) groups is 2. The highest BCUT2D eigenvalue weighted by Crippen LogP contribution is 2.34. The summed E-state index contributed by atoms with van der Waals surface area (Å²) in [6.07, 6.45) is 1.59. The summed E-state index contributed by atoms with van der Waals surface area (Å²) in [6, 6.07) is 13.9. The largest absolute Gasteiger partial charge is 0.392 e. The fourth-order valence-electron chi connectivity index (χ4n) is 5.03. The lowest BCUT2D eigenvalue weighted by Gasteiger charge is -2.24. The van der Waals surface area contributed by atoms with Gasteiger partial charge in [-0.2, -0.15) is 8.96 Å². The van der Waals surface area contributed by atoms with E-state index in [1.165, 1.54) is 19.1 Å². The van der Waals surface area contributed by atoms with Gasteiger partial charge in [-0.15, -0.1) is 0 Å². The number of fused-ring (bicyclic) bond motifs is 3. The van der Waals surface area contributed by atoms with E-state index in [-0.39, 0.29) is 29.2 Å². The molecule has 36 heavy (non-hydrogen) atoms. The second-order valence-electron chi connectivity index (χ2n) is 9.30. The molecule has 186 valence electrons. The van der Waals surface area contributed by atoms with E-state index in [1.807, 2.05) is 38.1 Å². The lowest BCUT2D eigenvalue weighted by molar-refractivity contribution is -0.132. The first kappa shape index (κ1) is 24.0. The van der Waals surface area contributed by atoms with Gasteiger partial charge in [-0.1, -0.05) is 35.9 Å². The van der Waals surface area contributed by atoms with Crippen LogP contribution in [0.25, 0.3) is 10.9 Å². The fraction of sp³-hybridized carbons (Fsp3) is 0.296. The van der Waals surface area contributed by atoms with Crippen molar-refractivity contribution in [2.45, 2.75) is 51.9 Å². The second-order valence-corrected chi connectivity index (χ2v) is 11.1. The van der Waals surface area contributed by atoms with Gasteiger partial charge in [-0.05, 0) is 57.4 Å². The van der Waals surface area contributed by atoms with Crippen LogP contribution in [-0.4, -0.2) is 33.8 Å². The highest BCUT2D eigenvalue weighted by atomic mass is 32.2. The summed E-state index contributed by atoms with van der Waals surface area (Å²) < 4.78 is 35.0. The van der Waals surface area contributed by atoms with Crippen molar-refractivity contribution in [2.75, 3.05) is 0 Å². The molecular weight excluding hydrogens is 478 g/mol. The molecule has 5 rings (SSSR count). The number of esters is 1. The minimum Gasteiger partial charge on any atom is -0.392 e. The van der Waals surface area contributed by atoms with E-state index >= 15 is 0 Å². The molecular formula is C27H27N3O5S. The minimum atomic E-state index is -4.08. The maximum Gasteiger partial charge on any atom is 0.319 e. The van der Waals surface area contributed by atoms with Gasteiger partial charge in [0.1, 0.15) is 0 Å². The summed E-state index contributed by atoms with van der Waals surface area (Å²) in [6.45, 7) is 6.71. The van der Waals surface area contributed by atoms with Crippen molar-refractivity contribution < 1.29 is 22.7 Å². The number of ether oxygens (including phenoxy) is 1. The number of benzene rings is 2. The van der Waals surface area contributed by atoms with Gasteiger partial charge < -0.3 is 4.74 Å². The lowest BCUT2D eigenvalue weighted by atomic mass is 9.91. The highest BCUT2D eigenvalue weighted by molar-refractivity contribution is 7.90. The third kappa shape index (κ3) is 3.83. The fourth-order valence-corrected chi connectivity index (χ4v) is 6.47. The predicted octanol–water partition coefficient (Wildman–Crippen LogP) is 4.37. The van der Waals surface area contributed by atoms with Crippen molar-refractivity contribution in [3.8, 4) is 6.01 Å². The summed E-state index contributed by atoms with van der Waals surface area (Å²) in [5.74, 6) is -1.11. The van der Waals surface area contributed by atoms with Crippen molar-refractivity contribution in [1.29, 1.82) is 0 Å². The van der Waals surface area contributed by atoms with Crippen molar-refractivity contribution >= 4 is 32.8 Å². The Bertz CT molecular complexity index is 1630. The van der Waals surface area contributed by atoms with Crippen LogP contribution in [0.2, 0.25) is 0 Å². The molecule has 3 heterocycles. The molecule has 1 atom stereocenters. The topological polar surface area (TPSA) is 100 Å². The van der Waals surface area contributed by atoms with Gasteiger partial charge in [0.25, 0.3) is 10.0 Å². The zero-order chi connectivity index (χ0) is 25.8. The molecule has 2 aromatic heterocycles. The Kier molecular flexibility index (Phi) is 5.83. The third-order valence-corrected chi connectivity index (χ3v) is 8.69. The van der Waals surface area contributed by atoms with Gasteiger partial charge in [0.2, 0.25) is 5.91 Å². The Hall–Kier alpha value is -3.72. The van der Waals surface area contributed by atoms with Crippen LogP contribution in [0.1, 0.15) is 46.3 Å². The number of rotatable bonds is 5. The molecule has 0 aliphatic carbocycles. The Morgan fingerprint density at radius 2 is 1.78 bits per heavy atom. The lowest BCUT2D eigenvalue weighted by Crippen LogP contribution is -2.30. The van der Waals surface area contributed by atoms with E-state index in [2.05, 4.69) is 4.98 Å². The minimum absolute atomic E-state index is 0.0371. The van der Waals surface area contributed by atoms with Crippen LogP contribution >= 0.6 is 0 Å². The summed E-state index contributed by atoms with van der Waals surface area (Å²) in [5, 5.41) is 1.06. The standard InChI is InChI=1S/C27H27N3O5S/c1-16-9-12-21(13-10-16)36(33,34)30-18(3)23(28-27(30)35-19(4)31)15-20-11-14-24-17(2)22-7-5-6-8-25(22)29(24)26(20)32/h5-10,12-13,20H,11,14-15H2,1-4H3. The molecule has 9 heteroatoms. The van der Waals surface area contributed by atoms with Crippen LogP contribution in [0, 0.1) is 26.7 Å². The van der Waals surface area contributed by atoms with Crippen LogP contribution < -0.4 is 4.74 Å². The van der Waals surface area contributed by atoms with Gasteiger partial charge in [-0.25, -0.2) is 8.42 Å². The predicted molar refractivity (Wildman–Crippen MR) is 135 cm³/mol. The Morgan fingerprint density at radius 1 is 1.08 bits per heavy atom. The maximum atomic E-state index is 13.6. The molecule has 1 aliphatic heterocycles. The van der Waals surface area contributed by atoms with Gasteiger partial charge in [-0.3, -0.25) is 14.2 Å². The van der Waals surface area contributed by atoms with Crippen molar-refractivity contribution in [1.82, 2.24) is 13.5 Å².